The first-order valence-electron chi connectivity index (χ1n) is 7.79. The molecular weight excluding hydrogens is 278 g/mol. The molecule has 1 aromatic carbocycles. The van der Waals surface area contributed by atoms with Gasteiger partial charge in [-0.3, -0.25) is 4.79 Å². The standard InChI is InChI=1S/C17H25N3O2/c1-11-7-12(2)10-20(9-11)17(22)19-16-8-15(18-14(4)21)6-5-13(16)3/h5-6,8,11-12H,7,9-10H2,1-4H3,(H,18,21)(H,19,22). The van der Waals surface area contributed by atoms with Crippen molar-refractivity contribution in [3.8, 4) is 0 Å². The van der Waals surface area contributed by atoms with Crippen LogP contribution in [0.5, 0.6) is 0 Å². The van der Waals surface area contributed by atoms with E-state index < -0.39 is 0 Å². The minimum atomic E-state index is -0.125. The highest BCUT2D eigenvalue weighted by molar-refractivity contribution is 5.93. The highest BCUT2D eigenvalue weighted by Crippen LogP contribution is 2.24. The fourth-order valence-electron chi connectivity index (χ4n) is 3.06. The maximum absolute atomic E-state index is 12.5. The Morgan fingerprint density at radius 1 is 1.14 bits per heavy atom. The maximum Gasteiger partial charge on any atom is 0.321 e. The summed E-state index contributed by atoms with van der Waals surface area (Å²) in [7, 11) is 0. The van der Waals surface area contributed by atoms with Crippen molar-refractivity contribution in [1.29, 1.82) is 0 Å². The summed E-state index contributed by atoms with van der Waals surface area (Å²) in [5.41, 5.74) is 2.40. The monoisotopic (exact) mass is 303 g/mol. The SMILES string of the molecule is CC(=O)Nc1ccc(C)c(NC(=O)N2CC(C)CC(C)C2)c1. The van der Waals surface area contributed by atoms with Crippen LogP contribution in [0.15, 0.2) is 18.2 Å². The topological polar surface area (TPSA) is 61.4 Å². The molecule has 1 fully saturated rings. The molecule has 2 N–H and O–H groups in total. The molecule has 5 nitrogen and oxygen atoms in total. The lowest BCUT2D eigenvalue weighted by Crippen LogP contribution is -2.44. The number of amides is 3. The number of rotatable bonds is 2. The molecule has 3 amide bonds. The van der Waals surface area contributed by atoms with E-state index in [0.29, 0.717) is 17.5 Å². The number of nitrogens with zero attached hydrogens (tertiary/aromatic N) is 1. The molecule has 2 unspecified atom stereocenters. The highest BCUT2D eigenvalue weighted by atomic mass is 16.2. The van der Waals surface area contributed by atoms with Crippen LogP contribution < -0.4 is 10.6 Å². The van der Waals surface area contributed by atoms with Crippen LogP contribution in [0.25, 0.3) is 0 Å². The highest BCUT2D eigenvalue weighted by Gasteiger charge is 2.25. The average molecular weight is 303 g/mol. The van der Waals surface area contributed by atoms with Crippen LogP contribution in [0.2, 0.25) is 0 Å². The number of piperidine rings is 1. The van der Waals surface area contributed by atoms with Crippen LogP contribution in [0, 0.1) is 18.8 Å². The van der Waals surface area contributed by atoms with Crippen molar-refractivity contribution in [2.45, 2.75) is 34.1 Å². The molecule has 0 bridgehead atoms. The summed E-state index contributed by atoms with van der Waals surface area (Å²) in [6, 6.07) is 5.45. The van der Waals surface area contributed by atoms with Crippen molar-refractivity contribution in [2.24, 2.45) is 11.8 Å². The Morgan fingerprint density at radius 2 is 1.77 bits per heavy atom. The number of hydrogen-bond donors (Lipinski definition) is 2. The first-order chi connectivity index (χ1) is 10.3. The molecule has 1 aliphatic heterocycles. The van der Waals surface area contributed by atoms with Gasteiger partial charge >= 0.3 is 6.03 Å². The lowest BCUT2D eigenvalue weighted by molar-refractivity contribution is -0.114. The largest absolute Gasteiger partial charge is 0.326 e. The van der Waals surface area contributed by atoms with Crippen molar-refractivity contribution in [3.05, 3.63) is 23.8 Å². The van der Waals surface area contributed by atoms with Gasteiger partial charge in [0.05, 0.1) is 0 Å². The van der Waals surface area contributed by atoms with Gasteiger partial charge in [-0.15, -0.1) is 0 Å². The molecule has 1 aromatic rings. The van der Waals surface area contributed by atoms with Crippen LogP contribution in [0.3, 0.4) is 0 Å². The van der Waals surface area contributed by atoms with E-state index in [1.807, 2.05) is 24.0 Å². The van der Waals surface area contributed by atoms with Crippen LogP contribution >= 0.6 is 0 Å². The van der Waals surface area contributed by atoms with Gasteiger partial charge in [0.2, 0.25) is 5.91 Å². The lowest BCUT2D eigenvalue weighted by atomic mass is 9.92. The third kappa shape index (κ3) is 4.23. The van der Waals surface area contributed by atoms with Crippen LogP contribution in [0.4, 0.5) is 16.2 Å². The van der Waals surface area contributed by atoms with E-state index >= 15 is 0 Å². The van der Waals surface area contributed by atoms with E-state index in [1.54, 1.807) is 6.07 Å². The van der Waals surface area contributed by atoms with E-state index in [4.69, 9.17) is 0 Å². The number of likely N-dealkylation sites (tertiary alicyclic amines) is 1. The van der Waals surface area contributed by atoms with Gasteiger partial charge in [-0.1, -0.05) is 19.9 Å². The predicted octanol–water partition coefficient (Wildman–Crippen LogP) is 3.46. The van der Waals surface area contributed by atoms with Gasteiger partial charge in [-0.2, -0.15) is 0 Å². The zero-order valence-corrected chi connectivity index (χ0v) is 13.8. The van der Waals surface area contributed by atoms with E-state index in [1.165, 1.54) is 13.3 Å². The molecule has 0 aliphatic carbocycles. The maximum atomic E-state index is 12.5. The third-order valence-electron chi connectivity index (χ3n) is 3.96. The molecule has 1 aliphatic rings. The van der Waals surface area contributed by atoms with Gasteiger partial charge in [0.1, 0.15) is 0 Å². The second-order valence-electron chi connectivity index (χ2n) is 6.49. The number of nitrogens with one attached hydrogen (secondary N) is 2. The molecule has 0 aromatic heterocycles. The minimum absolute atomic E-state index is 0.0681. The van der Waals surface area contributed by atoms with Crippen molar-refractivity contribution in [3.63, 3.8) is 0 Å². The number of benzene rings is 1. The van der Waals surface area contributed by atoms with Crippen LogP contribution in [0.1, 0.15) is 32.8 Å². The quantitative estimate of drug-likeness (QED) is 0.879. The molecule has 5 heteroatoms. The Hall–Kier alpha value is -2.04. The summed E-state index contributed by atoms with van der Waals surface area (Å²) in [5, 5.41) is 5.71. The average Bonchev–Trinajstić information content (AvgIpc) is 2.40. The third-order valence-corrected chi connectivity index (χ3v) is 3.96. The molecule has 0 spiro atoms. The van der Waals surface area contributed by atoms with Crippen molar-refractivity contribution in [1.82, 2.24) is 4.90 Å². The van der Waals surface area contributed by atoms with Gasteiger partial charge < -0.3 is 15.5 Å². The molecule has 2 atom stereocenters. The van der Waals surface area contributed by atoms with Gasteiger partial charge in [-0.05, 0) is 42.9 Å². The number of carbonyl (C=O) groups excluding carboxylic acids is 2. The van der Waals surface area contributed by atoms with E-state index in [9.17, 15) is 9.59 Å². The zero-order chi connectivity index (χ0) is 16.3. The van der Waals surface area contributed by atoms with E-state index in [2.05, 4.69) is 24.5 Å². The minimum Gasteiger partial charge on any atom is -0.326 e. The molecular formula is C17H25N3O2. The Bertz CT molecular complexity index is 561. The van der Waals surface area contributed by atoms with Crippen molar-refractivity contribution >= 4 is 23.3 Å². The normalized spacial score (nSPS) is 21.4. The van der Waals surface area contributed by atoms with E-state index in [-0.39, 0.29) is 11.9 Å². The van der Waals surface area contributed by atoms with E-state index in [0.717, 1.165) is 24.3 Å². The summed E-state index contributed by atoms with van der Waals surface area (Å²) in [6.45, 7) is 9.35. The first-order valence-corrected chi connectivity index (χ1v) is 7.79. The Labute approximate surface area is 132 Å². The van der Waals surface area contributed by atoms with Crippen LogP contribution in [-0.4, -0.2) is 29.9 Å². The fraction of sp³-hybridized carbons (Fsp3) is 0.529. The van der Waals surface area contributed by atoms with Gasteiger partial charge in [0.25, 0.3) is 0 Å². The Kier molecular flexibility index (Phi) is 5.06. The lowest BCUT2D eigenvalue weighted by Gasteiger charge is -2.35. The predicted molar refractivity (Wildman–Crippen MR) is 89.0 cm³/mol. The van der Waals surface area contributed by atoms with Gasteiger partial charge in [0.15, 0.2) is 0 Å². The summed E-state index contributed by atoms with van der Waals surface area (Å²) in [5.74, 6) is 0.933. The smallest absolute Gasteiger partial charge is 0.321 e. The second-order valence-corrected chi connectivity index (χ2v) is 6.49. The summed E-state index contributed by atoms with van der Waals surface area (Å²) < 4.78 is 0. The number of carbonyl (C=O) groups is 2. The van der Waals surface area contributed by atoms with Gasteiger partial charge in [-0.25, -0.2) is 4.79 Å². The molecule has 1 saturated heterocycles. The Balaban J connectivity index is 2.09. The molecule has 120 valence electrons. The number of anilines is 2. The molecule has 0 radical (unpaired) electrons. The fourth-order valence-corrected chi connectivity index (χ4v) is 3.06. The summed E-state index contributed by atoms with van der Waals surface area (Å²) in [4.78, 5) is 25.5. The molecule has 22 heavy (non-hydrogen) atoms. The molecule has 0 saturated carbocycles. The zero-order valence-electron chi connectivity index (χ0n) is 13.8. The number of urea groups is 1. The Morgan fingerprint density at radius 3 is 2.36 bits per heavy atom. The summed E-state index contributed by atoms with van der Waals surface area (Å²) in [6.07, 6.45) is 1.17. The van der Waals surface area contributed by atoms with Crippen LogP contribution in [-0.2, 0) is 4.79 Å². The van der Waals surface area contributed by atoms with Crippen molar-refractivity contribution in [2.75, 3.05) is 23.7 Å². The number of aryl methyl sites for hydroxylation is 1. The van der Waals surface area contributed by atoms with Crippen molar-refractivity contribution < 1.29 is 9.59 Å². The summed E-state index contributed by atoms with van der Waals surface area (Å²) >= 11 is 0. The first kappa shape index (κ1) is 16.3. The molecule has 1 heterocycles. The van der Waals surface area contributed by atoms with Gasteiger partial charge in [0, 0.05) is 31.4 Å². The molecule has 2 rings (SSSR count). The number of hydrogen-bond acceptors (Lipinski definition) is 2. The second kappa shape index (κ2) is 6.81.